The van der Waals surface area contributed by atoms with E-state index in [4.69, 9.17) is 9.47 Å². The Balaban J connectivity index is 1.87. The average Bonchev–Trinajstić information content (AvgIpc) is 3.44. The number of rotatable bonds is 10. The van der Waals surface area contributed by atoms with E-state index in [1.54, 1.807) is 31.2 Å². The predicted octanol–water partition coefficient (Wildman–Crippen LogP) is 5.60. The summed E-state index contributed by atoms with van der Waals surface area (Å²) in [6.07, 6.45) is 2.86. The fraction of sp³-hybridized carbons (Fsp3) is 0.391. The van der Waals surface area contributed by atoms with Gasteiger partial charge in [0.15, 0.2) is 5.13 Å². The van der Waals surface area contributed by atoms with Crippen molar-refractivity contribution >= 4 is 39.7 Å². The van der Waals surface area contributed by atoms with Crippen molar-refractivity contribution in [2.45, 2.75) is 40.0 Å². The number of aromatic nitrogens is 2. The van der Waals surface area contributed by atoms with Crippen LogP contribution >= 0.6 is 22.7 Å². The molecular formula is C23H27N3O4S2. The molecule has 3 aromatic rings. The number of hydrogen-bond acceptors (Lipinski definition) is 8. The molecule has 2 aromatic heterocycles. The second-order valence-corrected chi connectivity index (χ2v) is 8.90. The third kappa shape index (κ3) is 5.52. The lowest BCUT2D eigenvalue weighted by atomic mass is 10.2. The Kier molecular flexibility index (Phi) is 8.35. The second-order valence-electron chi connectivity index (χ2n) is 7.06. The quantitative estimate of drug-likeness (QED) is 0.282. The number of aryl methyl sites for hydroxylation is 1. The summed E-state index contributed by atoms with van der Waals surface area (Å²) in [5.74, 6) is 0.131. The minimum Gasteiger partial charge on any atom is -0.497 e. The molecule has 0 bridgehead atoms. The van der Waals surface area contributed by atoms with Crippen LogP contribution < -0.4 is 9.64 Å². The van der Waals surface area contributed by atoms with Gasteiger partial charge in [-0.2, -0.15) is 0 Å². The summed E-state index contributed by atoms with van der Waals surface area (Å²) in [6, 6.07) is 7.57. The molecule has 0 atom stereocenters. The lowest BCUT2D eigenvalue weighted by Crippen LogP contribution is -2.32. The van der Waals surface area contributed by atoms with Gasteiger partial charge in [0, 0.05) is 17.5 Å². The lowest BCUT2D eigenvalue weighted by Gasteiger charge is -2.18. The van der Waals surface area contributed by atoms with Gasteiger partial charge >= 0.3 is 5.97 Å². The number of anilines is 1. The van der Waals surface area contributed by atoms with Gasteiger partial charge in [-0.1, -0.05) is 31.1 Å². The Hall–Kier alpha value is -2.78. The van der Waals surface area contributed by atoms with Gasteiger partial charge in [0.1, 0.15) is 21.3 Å². The first-order chi connectivity index (χ1) is 15.5. The molecule has 1 aromatic carbocycles. The standard InChI is InChI=1S/C23H27N3O4S2/c1-5-7-8-13-26(23-24-15(3)19(32-23)22(28)30-6-2)21(27)18-14-31-20(25-18)16-9-11-17(29-4)12-10-16/h9-12,14H,5-8,13H2,1-4H3. The smallest absolute Gasteiger partial charge is 0.350 e. The predicted molar refractivity (Wildman–Crippen MR) is 128 cm³/mol. The molecule has 0 unspecified atom stereocenters. The molecule has 7 nitrogen and oxygen atoms in total. The summed E-state index contributed by atoms with van der Waals surface area (Å²) in [7, 11) is 1.62. The number of methoxy groups -OCH3 is 1. The van der Waals surface area contributed by atoms with Crippen molar-refractivity contribution in [1.82, 2.24) is 9.97 Å². The molecule has 9 heteroatoms. The van der Waals surface area contributed by atoms with Crippen LogP contribution in [0.2, 0.25) is 0 Å². The minimum absolute atomic E-state index is 0.221. The number of carbonyl (C=O) groups is 2. The number of amides is 1. The van der Waals surface area contributed by atoms with E-state index in [9.17, 15) is 9.59 Å². The molecule has 3 rings (SSSR count). The van der Waals surface area contributed by atoms with Crippen molar-refractivity contribution < 1.29 is 19.1 Å². The van der Waals surface area contributed by atoms with Crippen molar-refractivity contribution in [3.8, 4) is 16.3 Å². The van der Waals surface area contributed by atoms with E-state index in [0.29, 0.717) is 27.9 Å². The molecule has 0 aliphatic carbocycles. The van der Waals surface area contributed by atoms with Gasteiger partial charge in [-0.25, -0.2) is 14.8 Å². The Morgan fingerprint density at radius 3 is 2.50 bits per heavy atom. The third-order valence-electron chi connectivity index (χ3n) is 4.77. The molecule has 0 fully saturated rings. The van der Waals surface area contributed by atoms with Crippen LogP contribution in [0.5, 0.6) is 5.75 Å². The van der Waals surface area contributed by atoms with Crippen molar-refractivity contribution in [2.24, 2.45) is 0 Å². The number of esters is 1. The first-order valence-corrected chi connectivity index (χ1v) is 12.2. The van der Waals surface area contributed by atoms with E-state index in [1.807, 2.05) is 24.3 Å². The average molecular weight is 474 g/mol. The highest BCUT2D eigenvalue weighted by atomic mass is 32.1. The van der Waals surface area contributed by atoms with E-state index in [-0.39, 0.29) is 12.5 Å². The molecule has 0 radical (unpaired) electrons. The zero-order valence-corrected chi connectivity index (χ0v) is 20.3. The number of thiazole rings is 2. The van der Waals surface area contributed by atoms with E-state index < -0.39 is 5.97 Å². The van der Waals surface area contributed by atoms with E-state index >= 15 is 0 Å². The van der Waals surface area contributed by atoms with Gasteiger partial charge in [-0.3, -0.25) is 9.69 Å². The summed E-state index contributed by atoms with van der Waals surface area (Å²) in [5.41, 5.74) is 1.85. The fourth-order valence-electron chi connectivity index (χ4n) is 3.06. The molecule has 0 N–H and O–H groups in total. The van der Waals surface area contributed by atoms with Crippen LogP contribution in [0, 0.1) is 6.92 Å². The first kappa shape index (κ1) is 23.9. The highest BCUT2D eigenvalue weighted by Gasteiger charge is 2.26. The normalized spacial score (nSPS) is 10.8. The van der Waals surface area contributed by atoms with Crippen LogP contribution in [0.3, 0.4) is 0 Å². The number of carbonyl (C=O) groups excluding carboxylic acids is 2. The second kappa shape index (κ2) is 11.2. The molecule has 0 aliphatic heterocycles. The van der Waals surface area contributed by atoms with Crippen molar-refractivity contribution in [3.05, 3.63) is 45.9 Å². The number of nitrogens with zero attached hydrogens (tertiary/aromatic N) is 3. The van der Waals surface area contributed by atoms with Crippen LogP contribution in [0.25, 0.3) is 10.6 Å². The van der Waals surface area contributed by atoms with E-state index in [0.717, 1.165) is 35.6 Å². The Morgan fingerprint density at radius 2 is 1.84 bits per heavy atom. The maximum absolute atomic E-state index is 13.4. The van der Waals surface area contributed by atoms with Crippen LogP contribution in [-0.4, -0.2) is 42.1 Å². The van der Waals surface area contributed by atoms with Gasteiger partial charge < -0.3 is 9.47 Å². The maximum atomic E-state index is 13.4. The molecule has 170 valence electrons. The molecule has 2 heterocycles. The summed E-state index contributed by atoms with van der Waals surface area (Å²) < 4.78 is 10.3. The molecule has 0 saturated carbocycles. The molecule has 0 aliphatic rings. The van der Waals surface area contributed by atoms with Gasteiger partial charge in [0.25, 0.3) is 5.91 Å². The summed E-state index contributed by atoms with van der Waals surface area (Å²) in [6.45, 7) is 6.43. The molecular weight excluding hydrogens is 446 g/mol. The SMILES string of the molecule is CCCCCN(C(=O)c1csc(-c2ccc(OC)cc2)n1)c1nc(C)c(C(=O)OCC)s1. The number of ether oxygens (including phenoxy) is 2. The Labute approximate surface area is 196 Å². The van der Waals surface area contributed by atoms with Crippen molar-refractivity contribution in [2.75, 3.05) is 25.2 Å². The third-order valence-corrected chi connectivity index (χ3v) is 6.82. The highest BCUT2D eigenvalue weighted by molar-refractivity contribution is 7.17. The zero-order chi connectivity index (χ0) is 23.1. The van der Waals surface area contributed by atoms with Crippen molar-refractivity contribution in [1.29, 1.82) is 0 Å². The first-order valence-electron chi connectivity index (χ1n) is 10.5. The molecule has 32 heavy (non-hydrogen) atoms. The van der Waals surface area contributed by atoms with Gasteiger partial charge in [0.05, 0.1) is 19.4 Å². The van der Waals surface area contributed by atoms with Crippen LogP contribution in [0.15, 0.2) is 29.6 Å². The monoisotopic (exact) mass is 473 g/mol. The maximum Gasteiger partial charge on any atom is 0.350 e. The highest BCUT2D eigenvalue weighted by Crippen LogP contribution is 2.30. The Morgan fingerprint density at radius 1 is 1.09 bits per heavy atom. The summed E-state index contributed by atoms with van der Waals surface area (Å²) in [4.78, 5) is 36.8. The number of benzene rings is 1. The summed E-state index contributed by atoms with van der Waals surface area (Å²) >= 11 is 2.60. The zero-order valence-electron chi connectivity index (χ0n) is 18.7. The number of hydrogen-bond donors (Lipinski definition) is 0. The molecule has 1 amide bonds. The largest absolute Gasteiger partial charge is 0.497 e. The van der Waals surface area contributed by atoms with Crippen LogP contribution in [0.1, 0.15) is 59.0 Å². The molecule has 0 saturated heterocycles. The number of unbranched alkanes of at least 4 members (excludes halogenated alkanes) is 2. The van der Waals surface area contributed by atoms with E-state index in [2.05, 4.69) is 16.9 Å². The van der Waals surface area contributed by atoms with Crippen molar-refractivity contribution in [3.63, 3.8) is 0 Å². The Bertz CT molecular complexity index is 1060. The van der Waals surface area contributed by atoms with Gasteiger partial charge in [0.2, 0.25) is 0 Å². The summed E-state index contributed by atoms with van der Waals surface area (Å²) in [5, 5.41) is 3.01. The van der Waals surface area contributed by atoms with Gasteiger partial charge in [-0.15, -0.1) is 11.3 Å². The van der Waals surface area contributed by atoms with E-state index in [1.165, 1.54) is 22.7 Å². The lowest BCUT2D eigenvalue weighted by molar-refractivity contribution is 0.0531. The molecule has 0 spiro atoms. The van der Waals surface area contributed by atoms with Gasteiger partial charge in [-0.05, 0) is 44.5 Å². The van der Waals surface area contributed by atoms with Crippen LogP contribution in [0.4, 0.5) is 5.13 Å². The minimum atomic E-state index is -0.412. The van der Waals surface area contributed by atoms with Crippen LogP contribution in [-0.2, 0) is 4.74 Å². The fourth-order valence-corrected chi connectivity index (χ4v) is 4.85. The topological polar surface area (TPSA) is 81.6 Å².